The van der Waals surface area contributed by atoms with Gasteiger partial charge in [0.1, 0.15) is 5.76 Å². The van der Waals surface area contributed by atoms with Crippen LogP contribution in [-0.4, -0.2) is 6.04 Å². The van der Waals surface area contributed by atoms with Gasteiger partial charge in [-0.3, -0.25) is 0 Å². The van der Waals surface area contributed by atoms with E-state index in [-0.39, 0.29) is 0 Å². The summed E-state index contributed by atoms with van der Waals surface area (Å²) in [5.41, 5.74) is 6.01. The quantitative estimate of drug-likeness (QED) is 0.784. The molecule has 1 aromatic rings. The Kier molecular flexibility index (Phi) is 2.92. The molecule has 1 aromatic heterocycles. The predicted molar refractivity (Wildman–Crippen MR) is 57.1 cm³/mol. The van der Waals surface area contributed by atoms with Gasteiger partial charge < -0.3 is 10.2 Å². The molecule has 0 spiro atoms. The van der Waals surface area contributed by atoms with Gasteiger partial charge in [0.15, 0.2) is 0 Å². The minimum absolute atomic E-state index is 0.368. The van der Waals surface area contributed by atoms with E-state index in [1.807, 2.05) is 6.07 Å². The summed E-state index contributed by atoms with van der Waals surface area (Å²) in [6.07, 6.45) is 6.52. The number of rotatable bonds is 2. The first kappa shape index (κ1) is 9.78. The van der Waals surface area contributed by atoms with Crippen LogP contribution in [0.1, 0.15) is 44.3 Å². The van der Waals surface area contributed by atoms with E-state index in [2.05, 4.69) is 13.0 Å². The highest BCUT2D eigenvalue weighted by Crippen LogP contribution is 2.39. The van der Waals surface area contributed by atoms with Crippen LogP contribution in [-0.2, 0) is 0 Å². The summed E-state index contributed by atoms with van der Waals surface area (Å²) in [4.78, 5) is 0. The van der Waals surface area contributed by atoms with Gasteiger partial charge in [-0.05, 0) is 37.3 Å². The zero-order valence-corrected chi connectivity index (χ0v) is 8.78. The van der Waals surface area contributed by atoms with Gasteiger partial charge in [0.25, 0.3) is 0 Å². The molecular weight excluding hydrogens is 174 g/mol. The lowest BCUT2D eigenvalue weighted by molar-refractivity contribution is 0.245. The lowest BCUT2D eigenvalue weighted by Gasteiger charge is -2.32. The molecule has 1 fully saturated rings. The molecule has 0 radical (unpaired) electrons. The van der Waals surface area contributed by atoms with Gasteiger partial charge in [-0.15, -0.1) is 0 Å². The molecular formula is C12H19NO. The van der Waals surface area contributed by atoms with Crippen molar-refractivity contribution in [3.63, 3.8) is 0 Å². The zero-order valence-electron chi connectivity index (χ0n) is 8.78. The van der Waals surface area contributed by atoms with Crippen molar-refractivity contribution in [1.29, 1.82) is 0 Å². The zero-order chi connectivity index (χ0) is 9.97. The molecule has 0 bridgehead atoms. The first-order chi connectivity index (χ1) is 6.81. The molecule has 0 saturated heterocycles. The summed E-state index contributed by atoms with van der Waals surface area (Å²) in [6.45, 7) is 2.26. The summed E-state index contributed by atoms with van der Waals surface area (Å²) in [6, 6.07) is 4.43. The molecule has 78 valence electrons. The summed E-state index contributed by atoms with van der Waals surface area (Å²) in [5.74, 6) is 2.45. The van der Waals surface area contributed by atoms with E-state index in [9.17, 15) is 0 Å². The highest BCUT2D eigenvalue weighted by Gasteiger charge is 2.30. The molecule has 2 nitrogen and oxygen atoms in total. The van der Waals surface area contributed by atoms with Crippen LogP contribution in [0.4, 0.5) is 0 Å². The monoisotopic (exact) mass is 193 g/mol. The molecule has 2 rings (SSSR count). The van der Waals surface area contributed by atoms with Gasteiger partial charge in [-0.25, -0.2) is 0 Å². The van der Waals surface area contributed by atoms with E-state index >= 15 is 0 Å². The Morgan fingerprint density at radius 3 is 3.00 bits per heavy atom. The summed E-state index contributed by atoms with van der Waals surface area (Å²) >= 11 is 0. The van der Waals surface area contributed by atoms with Crippen LogP contribution in [0.15, 0.2) is 22.8 Å². The molecule has 0 amide bonds. The third-order valence-corrected chi connectivity index (χ3v) is 3.47. The second-order valence-corrected chi connectivity index (χ2v) is 4.36. The molecule has 3 atom stereocenters. The number of hydrogen-bond donors (Lipinski definition) is 1. The lowest BCUT2D eigenvalue weighted by Crippen LogP contribution is -2.31. The van der Waals surface area contributed by atoms with Crippen molar-refractivity contribution < 1.29 is 4.42 Å². The lowest BCUT2D eigenvalue weighted by atomic mass is 9.75. The summed E-state index contributed by atoms with van der Waals surface area (Å²) < 4.78 is 5.50. The first-order valence-electron chi connectivity index (χ1n) is 5.60. The Bertz CT molecular complexity index is 268. The Balaban J connectivity index is 2.13. The normalized spacial score (nSPS) is 33.1. The van der Waals surface area contributed by atoms with E-state index in [1.54, 1.807) is 6.26 Å². The molecule has 2 N–H and O–H groups in total. The molecule has 14 heavy (non-hydrogen) atoms. The molecule has 1 saturated carbocycles. The number of hydrogen-bond acceptors (Lipinski definition) is 2. The van der Waals surface area contributed by atoms with E-state index in [0.717, 1.165) is 18.1 Å². The second kappa shape index (κ2) is 4.18. The molecule has 0 aromatic carbocycles. The third kappa shape index (κ3) is 1.85. The van der Waals surface area contributed by atoms with E-state index in [1.165, 1.54) is 19.3 Å². The predicted octanol–water partition coefficient (Wildman–Crippen LogP) is 2.90. The molecule has 0 aliphatic heterocycles. The molecule has 1 aliphatic rings. The second-order valence-electron chi connectivity index (χ2n) is 4.36. The fourth-order valence-electron chi connectivity index (χ4n) is 2.61. The van der Waals surface area contributed by atoms with Crippen LogP contribution in [0.25, 0.3) is 0 Å². The summed E-state index contributed by atoms with van der Waals surface area (Å²) in [7, 11) is 0. The van der Waals surface area contributed by atoms with E-state index < -0.39 is 0 Å². The third-order valence-electron chi connectivity index (χ3n) is 3.47. The minimum Gasteiger partial charge on any atom is -0.469 e. The van der Waals surface area contributed by atoms with Crippen molar-refractivity contribution in [3.05, 3.63) is 24.2 Å². The minimum atomic E-state index is 0.368. The van der Waals surface area contributed by atoms with Crippen LogP contribution in [0, 0.1) is 5.92 Å². The maximum Gasteiger partial charge on any atom is 0.107 e. The molecule has 1 aliphatic carbocycles. The van der Waals surface area contributed by atoms with Crippen LogP contribution < -0.4 is 5.73 Å². The molecule has 3 unspecified atom stereocenters. The van der Waals surface area contributed by atoms with Gasteiger partial charge in [0, 0.05) is 12.0 Å². The van der Waals surface area contributed by atoms with Crippen LogP contribution in [0.5, 0.6) is 0 Å². The van der Waals surface area contributed by atoms with Crippen molar-refractivity contribution in [1.82, 2.24) is 0 Å². The fraction of sp³-hybridized carbons (Fsp3) is 0.667. The highest BCUT2D eigenvalue weighted by molar-refractivity contribution is 5.09. The van der Waals surface area contributed by atoms with E-state index in [0.29, 0.717) is 12.0 Å². The van der Waals surface area contributed by atoms with Gasteiger partial charge in [-0.1, -0.05) is 13.3 Å². The standard InChI is InChI=1S/C12H19NO/c1-2-9-5-6-10(13)8-11(9)12-4-3-7-14-12/h3-4,7,9-11H,2,5-6,8,13H2,1H3. The van der Waals surface area contributed by atoms with Gasteiger partial charge >= 0.3 is 0 Å². The number of furan rings is 1. The first-order valence-corrected chi connectivity index (χ1v) is 5.60. The smallest absolute Gasteiger partial charge is 0.107 e. The van der Waals surface area contributed by atoms with Gasteiger partial charge in [-0.2, -0.15) is 0 Å². The van der Waals surface area contributed by atoms with Crippen molar-refractivity contribution in [2.24, 2.45) is 11.7 Å². The average molecular weight is 193 g/mol. The Morgan fingerprint density at radius 1 is 1.50 bits per heavy atom. The molecule has 1 heterocycles. The van der Waals surface area contributed by atoms with E-state index in [4.69, 9.17) is 10.2 Å². The SMILES string of the molecule is CCC1CCC(N)CC1c1ccco1. The van der Waals surface area contributed by atoms with Crippen molar-refractivity contribution in [2.45, 2.75) is 44.6 Å². The maximum absolute atomic E-state index is 6.01. The Labute approximate surface area is 85.5 Å². The largest absolute Gasteiger partial charge is 0.469 e. The topological polar surface area (TPSA) is 39.2 Å². The van der Waals surface area contributed by atoms with Crippen LogP contribution in [0.2, 0.25) is 0 Å². The highest BCUT2D eigenvalue weighted by atomic mass is 16.3. The molecule has 2 heteroatoms. The van der Waals surface area contributed by atoms with Crippen molar-refractivity contribution in [2.75, 3.05) is 0 Å². The van der Waals surface area contributed by atoms with Crippen LogP contribution >= 0.6 is 0 Å². The fourth-order valence-corrected chi connectivity index (χ4v) is 2.61. The van der Waals surface area contributed by atoms with Crippen molar-refractivity contribution in [3.8, 4) is 0 Å². The average Bonchev–Trinajstić information content (AvgIpc) is 2.70. The summed E-state index contributed by atoms with van der Waals surface area (Å²) in [5, 5.41) is 0. The Morgan fingerprint density at radius 2 is 2.36 bits per heavy atom. The number of nitrogens with two attached hydrogens (primary N) is 1. The van der Waals surface area contributed by atoms with Crippen molar-refractivity contribution >= 4 is 0 Å². The van der Waals surface area contributed by atoms with Crippen LogP contribution in [0.3, 0.4) is 0 Å². The maximum atomic E-state index is 6.01. The van der Waals surface area contributed by atoms with Gasteiger partial charge in [0.05, 0.1) is 6.26 Å². The Hall–Kier alpha value is -0.760. The van der Waals surface area contributed by atoms with Gasteiger partial charge in [0.2, 0.25) is 0 Å².